The Kier molecular flexibility index (Phi) is 2.26. The monoisotopic (exact) mass is 179 g/mol. The van der Waals surface area contributed by atoms with Crippen LogP contribution >= 0.6 is 11.8 Å². The van der Waals surface area contributed by atoms with Crippen molar-refractivity contribution in [2.24, 2.45) is 0 Å². The van der Waals surface area contributed by atoms with Crippen LogP contribution < -0.4 is 5.32 Å². The zero-order chi connectivity index (χ0) is 8.39. The average molecular weight is 179 g/mol. The number of hydrogen-bond acceptors (Lipinski definition) is 2. The summed E-state index contributed by atoms with van der Waals surface area (Å²) in [5.41, 5.74) is 1.30. The van der Waals surface area contributed by atoms with Crippen LogP contribution in [0.4, 0.5) is 5.69 Å². The van der Waals surface area contributed by atoms with E-state index in [-0.39, 0.29) is 0 Å². The fourth-order valence-electron chi connectivity index (χ4n) is 1.40. The Balaban J connectivity index is 2.31. The molecule has 1 N–H and O–H groups in total. The summed E-state index contributed by atoms with van der Waals surface area (Å²) in [6.07, 6.45) is 1.25. The van der Waals surface area contributed by atoms with Crippen LogP contribution in [0, 0.1) is 0 Å². The summed E-state index contributed by atoms with van der Waals surface area (Å²) in [4.78, 5) is 1.39. The Morgan fingerprint density at radius 2 is 2.25 bits per heavy atom. The van der Waals surface area contributed by atoms with Gasteiger partial charge in [0.15, 0.2) is 0 Å². The van der Waals surface area contributed by atoms with Crippen LogP contribution in [0.2, 0.25) is 0 Å². The molecule has 0 fully saturated rings. The minimum absolute atomic E-state index is 0.737. The maximum atomic E-state index is 3.43. The lowest BCUT2D eigenvalue weighted by molar-refractivity contribution is 0.860. The molecule has 1 nitrogen and oxygen atoms in total. The maximum Gasteiger partial charge on any atom is 0.0478 e. The van der Waals surface area contributed by atoms with Crippen molar-refractivity contribution in [3.63, 3.8) is 0 Å². The Morgan fingerprint density at radius 1 is 1.42 bits per heavy atom. The van der Waals surface area contributed by atoms with Crippen molar-refractivity contribution in [3.8, 4) is 0 Å². The topological polar surface area (TPSA) is 12.0 Å². The molecule has 1 heterocycles. The van der Waals surface area contributed by atoms with E-state index in [1.54, 1.807) is 0 Å². The predicted molar refractivity (Wildman–Crippen MR) is 54.9 cm³/mol. The van der Waals surface area contributed by atoms with Crippen LogP contribution in [-0.4, -0.2) is 11.8 Å². The van der Waals surface area contributed by atoms with Crippen molar-refractivity contribution in [3.05, 3.63) is 24.3 Å². The summed E-state index contributed by atoms with van der Waals surface area (Å²) >= 11 is 1.97. The number of fused-ring (bicyclic) bond motifs is 1. The quantitative estimate of drug-likeness (QED) is 0.657. The lowest BCUT2D eigenvalue weighted by atomic mass is 10.3. The SMILES string of the molecule is CC1CCNc2ccccc2S1. The third-order valence-electron chi connectivity index (χ3n) is 2.08. The van der Waals surface area contributed by atoms with E-state index in [4.69, 9.17) is 0 Å². The molecule has 2 rings (SSSR count). The van der Waals surface area contributed by atoms with E-state index in [0.29, 0.717) is 0 Å². The van der Waals surface area contributed by atoms with Gasteiger partial charge in [-0.25, -0.2) is 0 Å². The van der Waals surface area contributed by atoms with Gasteiger partial charge >= 0.3 is 0 Å². The first-order chi connectivity index (χ1) is 5.86. The lowest BCUT2D eigenvalue weighted by Crippen LogP contribution is -2.03. The Hall–Kier alpha value is -0.630. The number of anilines is 1. The normalized spacial score (nSPS) is 22.2. The van der Waals surface area contributed by atoms with Crippen LogP contribution in [0.15, 0.2) is 29.2 Å². The number of rotatable bonds is 0. The molecule has 1 aromatic rings. The van der Waals surface area contributed by atoms with E-state index >= 15 is 0 Å². The fraction of sp³-hybridized carbons (Fsp3) is 0.400. The molecule has 0 saturated heterocycles. The zero-order valence-corrected chi connectivity index (χ0v) is 8.03. The molecule has 1 aliphatic heterocycles. The molecule has 1 unspecified atom stereocenters. The molecule has 64 valence electrons. The van der Waals surface area contributed by atoms with Gasteiger partial charge < -0.3 is 5.32 Å². The average Bonchev–Trinajstić information content (AvgIpc) is 2.25. The summed E-state index contributed by atoms with van der Waals surface area (Å²) in [6, 6.07) is 8.53. The first-order valence-corrected chi connectivity index (χ1v) is 5.24. The molecule has 0 radical (unpaired) electrons. The number of para-hydroxylation sites is 1. The first-order valence-electron chi connectivity index (χ1n) is 4.36. The maximum absolute atomic E-state index is 3.43. The molecule has 0 aliphatic carbocycles. The highest BCUT2D eigenvalue weighted by atomic mass is 32.2. The van der Waals surface area contributed by atoms with E-state index in [2.05, 4.69) is 36.5 Å². The molecule has 0 amide bonds. The highest BCUT2D eigenvalue weighted by Gasteiger charge is 2.11. The molecule has 0 saturated carbocycles. The van der Waals surface area contributed by atoms with E-state index in [1.165, 1.54) is 17.0 Å². The molecule has 1 aliphatic rings. The van der Waals surface area contributed by atoms with Gasteiger partial charge in [0.1, 0.15) is 0 Å². The van der Waals surface area contributed by atoms with Crippen molar-refractivity contribution in [1.82, 2.24) is 0 Å². The summed E-state index contributed by atoms with van der Waals surface area (Å²) in [7, 11) is 0. The number of benzene rings is 1. The second-order valence-corrected chi connectivity index (χ2v) is 4.62. The van der Waals surface area contributed by atoms with Crippen molar-refractivity contribution in [1.29, 1.82) is 0 Å². The fourth-order valence-corrected chi connectivity index (χ4v) is 2.49. The molecule has 12 heavy (non-hydrogen) atoms. The van der Waals surface area contributed by atoms with Crippen LogP contribution in [0.5, 0.6) is 0 Å². The third-order valence-corrected chi connectivity index (χ3v) is 3.33. The molecule has 1 atom stereocenters. The van der Waals surface area contributed by atoms with Crippen molar-refractivity contribution >= 4 is 17.4 Å². The minimum atomic E-state index is 0.737. The summed E-state index contributed by atoms with van der Waals surface area (Å²) < 4.78 is 0. The van der Waals surface area contributed by atoms with Gasteiger partial charge in [-0.2, -0.15) is 0 Å². The lowest BCUT2D eigenvalue weighted by Gasteiger charge is -2.06. The van der Waals surface area contributed by atoms with Crippen LogP contribution in [0.3, 0.4) is 0 Å². The van der Waals surface area contributed by atoms with Crippen LogP contribution in [0.1, 0.15) is 13.3 Å². The molecule has 0 spiro atoms. The van der Waals surface area contributed by atoms with Gasteiger partial charge in [-0.15, -0.1) is 11.8 Å². The molecule has 0 bridgehead atoms. The van der Waals surface area contributed by atoms with Crippen molar-refractivity contribution in [2.75, 3.05) is 11.9 Å². The smallest absolute Gasteiger partial charge is 0.0478 e. The summed E-state index contributed by atoms with van der Waals surface area (Å²) in [5, 5.41) is 4.17. The van der Waals surface area contributed by atoms with Gasteiger partial charge in [0.05, 0.1) is 0 Å². The highest BCUT2D eigenvalue weighted by Crippen LogP contribution is 2.33. The van der Waals surface area contributed by atoms with Crippen LogP contribution in [0.25, 0.3) is 0 Å². The second kappa shape index (κ2) is 3.40. The van der Waals surface area contributed by atoms with Gasteiger partial charge in [-0.05, 0) is 18.6 Å². The standard InChI is InChI=1S/C10H13NS/c1-8-6-7-11-9-4-2-3-5-10(9)12-8/h2-5,8,11H,6-7H2,1H3. The summed E-state index contributed by atoms with van der Waals surface area (Å²) in [5.74, 6) is 0. The zero-order valence-electron chi connectivity index (χ0n) is 7.21. The Morgan fingerprint density at radius 3 is 3.17 bits per heavy atom. The Labute approximate surface area is 77.6 Å². The molecule has 1 aromatic carbocycles. The van der Waals surface area contributed by atoms with Gasteiger partial charge in [-0.1, -0.05) is 19.1 Å². The number of thioether (sulfide) groups is 1. The van der Waals surface area contributed by atoms with E-state index in [9.17, 15) is 0 Å². The van der Waals surface area contributed by atoms with E-state index < -0.39 is 0 Å². The van der Waals surface area contributed by atoms with E-state index in [1.807, 2.05) is 11.8 Å². The van der Waals surface area contributed by atoms with Crippen LogP contribution in [-0.2, 0) is 0 Å². The van der Waals surface area contributed by atoms with Gasteiger partial charge in [0.25, 0.3) is 0 Å². The Bertz CT molecular complexity index is 272. The van der Waals surface area contributed by atoms with Gasteiger partial charge in [-0.3, -0.25) is 0 Å². The van der Waals surface area contributed by atoms with Crippen molar-refractivity contribution in [2.45, 2.75) is 23.5 Å². The highest BCUT2D eigenvalue weighted by molar-refractivity contribution is 8.00. The van der Waals surface area contributed by atoms with E-state index in [0.717, 1.165) is 11.8 Å². The first kappa shape index (κ1) is 7.99. The number of nitrogens with one attached hydrogen (secondary N) is 1. The largest absolute Gasteiger partial charge is 0.384 e. The van der Waals surface area contributed by atoms with Gasteiger partial charge in [0.2, 0.25) is 0 Å². The minimum Gasteiger partial charge on any atom is -0.384 e. The summed E-state index contributed by atoms with van der Waals surface area (Å²) in [6.45, 7) is 3.39. The number of hydrogen-bond donors (Lipinski definition) is 1. The molecular weight excluding hydrogens is 166 g/mol. The predicted octanol–water partition coefficient (Wildman–Crippen LogP) is 2.98. The third kappa shape index (κ3) is 1.58. The second-order valence-electron chi connectivity index (χ2n) is 3.14. The molecular formula is C10H13NS. The van der Waals surface area contributed by atoms with Crippen molar-refractivity contribution < 1.29 is 0 Å². The van der Waals surface area contributed by atoms with Gasteiger partial charge in [0, 0.05) is 22.4 Å². The molecule has 0 aromatic heterocycles. The molecule has 2 heteroatoms.